The first-order chi connectivity index (χ1) is 7.95. The van der Waals surface area contributed by atoms with E-state index in [0.29, 0.717) is 15.6 Å². The second-order valence-electron chi connectivity index (χ2n) is 4.13. The smallest absolute Gasteiger partial charge is 0.253 e. The summed E-state index contributed by atoms with van der Waals surface area (Å²) in [7, 11) is 0. The third kappa shape index (κ3) is 3.87. The number of halogens is 2. The minimum Gasteiger partial charge on any atom is -0.394 e. The molecule has 0 bridgehead atoms. The molecule has 0 fully saturated rings. The minimum atomic E-state index is -0.328. The monoisotopic (exact) mass is 275 g/mol. The van der Waals surface area contributed by atoms with Crippen molar-refractivity contribution in [1.82, 2.24) is 5.32 Å². The number of carbonyl (C=O) groups is 1. The number of rotatable bonds is 4. The molecule has 3 nitrogen and oxygen atoms in total. The van der Waals surface area contributed by atoms with E-state index in [9.17, 15) is 4.79 Å². The summed E-state index contributed by atoms with van der Waals surface area (Å²) in [6.45, 7) is 3.73. The van der Waals surface area contributed by atoms with E-state index in [1.807, 2.05) is 13.8 Å². The maximum absolute atomic E-state index is 11.9. The zero-order valence-corrected chi connectivity index (χ0v) is 11.2. The number of aliphatic hydroxyl groups excluding tert-OH is 1. The predicted octanol–water partition coefficient (Wildman–Crippen LogP) is 2.74. The van der Waals surface area contributed by atoms with Crippen LogP contribution in [0.2, 0.25) is 10.0 Å². The van der Waals surface area contributed by atoms with Crippen molar-refractivity contribution in [3.8, 4) is 0 Å². The Balaban J connectivity index is 2.86. The molecule has 0 spiro atoms. The van der Waals surface area contributed by atoms with Gasteiger partial charge in [0.25, 0.3) is 5.91 Å². The van der Waals surface area contributed by atoms with Crippen molar-refractivity contribution in [1.29, 1.82) is 0 Å². The number of aliphatic hydroxyl groups is 1. The van der Waals surface area contributed by atoms with Gasteiger partial charge in [-0.05, 0) is 24.1 Å². The second kappa shape index (κ2) is 6.24. The van der Waals surface area contributed by atoms with E-state index < -0.39 is 0 Å². The molecule has 1 aromatic carbocycles. The van der Waals surface area contributed by atoms with Gasteiger partial charge in [-0.25, -0.2) is 0 Å². The quantitative estimate of drug-likeness (QED) is 0.888. The molecular weight excluding hydrogens is 261 g/mol. The highest BCUT2D eigenvalue weighted by Gasteiger charge is 2.18. The summed E-state index contributed by atoms with van der Waals surface area (Å²) in [5.41, 5.74) is 0.318. The lowest BCUT2D eigenvalue weighted by Crippen LogP contribution is -2.41. The van der Waals surface area contributed by atoms with Crippen LogP contribution in [0.1, 0.15) is 24.2 Å². The third-order valence-corrected chi connectivity index (χ3v) is 3.06. The molecule has 0 aliphatic rings. The lowest BCUT2D eigenvalue weighted by molar-refractivity contribution is 0.0897. The van der Waals surface area contributed by atoms with Crippen LogP contribution in [0.3, 0.4) is 0 Å². The van der Waals surface area contributed by atoms with Crippen LogP contribution < -0.4 is 5.32 Å². The molecule has 0 heterocycles. The van der Waals surface area contributed by atoms with Crippen molar-refractivity contribution >= 4 is 29.1 Å². The fourth-order valence-corrected chi connectivity index (χ4v) is 1.72. The standard InChI is InChI=1S/C12H15Cl2NO2/c1-7(2)11(6-16)15-12(17)9-5-8(13)3-4-10(9)14/h3-5,7,11,16H,6H2,1-2H3,(H,15,17)/t11-/m1/s1. The topological polar surface area (TPSA) is 49.3 Å². The highest BCUT2D eigenvalue weighted by atomic mass is 35.5. The van der Waals surface area contributed by atoms with Gasteiger partial charge >= 0.3 is 0 Å². The fraction of sp³-hybridized carbons (Fsp3) is 0.417. The van der Waals surface area contributed by atoms with Crippen LogP contribution in [0.25, 0.3) is 0 Å². The Hall–Kier alpha value is -0.770. The zero-order valence-electron chi connectivity index (χ0n) is 9.71. The Morgan fingerprint density at radius 2 is 2.06 bits per heavy atom. The van der Waals surface area contributed by atoms with Crippen molar-refractivity contribution in [2.75, 3.05) is 6.61 Å². The summed E-state index contributed by atoms with van der Waals surface area (Å²) >= 11 is 11.7. The molecule has 0 aliphatic carbocycles. The van der Waals surface area contributed by atoms with E-state index >= 15 is 0 Å². The van der Waals surface area contributed by atoms with Crippen LogP contribution in [0, 0.1) is 5.92 Å². The van der Waals surface area contributed by atoms with Gasteiger partial charge in [-0.15, -0.1) is 0 Å². The molecule has 0 aromatic heterocycles. The van der Waals surface area contributed by atoms with Crippen molar-refractivity contribution in [3.63, 3.8) is 0 Å². The number of amides is 1. The average Bonchev–Trinajstić information content (AvgIpc) is 2.28. The minimum absolute atomic E-state index is 0.110. The number of hydrogen-bond acceptors (Lipinski definition) is 2. The number of hydrogen-bond donors (Lipinski definition) is 2. The Bertz CT molecular complexity index is 407. The first-order valence-corrected chi connectivity index (χ1v) is 6.08. The van der Waals surface area contributed by atoms with Gasteiger partial charge in [0.1, 0.15) is 0 Å². The molecule has 1 rings (SSSR count). The van der Waals surface area contributed by atoms with Crippen LogP contribution in [-0.4, -0.2) is 23.7 Å². The molecular formula is C12H15Cl2NO2. The first kappa shape index (κ1) is 14.3. The van der Waals surface area contributed by atoms with Gasteiger partial charge in [0.05, 0.1) is 23.2 Å². The fourth-order valence-electron chi connectivity index (χ4n) is 1.34. The van der Waals surface area contributed by atoms with Gasteiger partial charge in [-0.1, -0.05) is 37.0 Å². The van der Waals surface area contributed by atoms with Crippen LogP contribution in [0.5, 0.6) is 0 Å². The molecule has 0 saturated heterocycles. The molecule has 5 heteroatoms. The Morgan fingerprint density at radius 3 is 2.59 bits per heavy atom. The van der Waals surface area contributed by atoms with Crippen LogP contribution in [0.4, 0.5) is 0 Å². The summed E-state index contributed by atoms with van der Waals surface area (Å²) in [5.74, 6) is -0.188. The normalized spacial score (nSPS) is 12.6. The van der Waals surface area contributed by atoms with E-state index in [2.05, 4.69) is 5.32 Å². The summed E-state index contributed by atoms with van der Waals surface area (Å²) in [6.07, 6.45) is 0. The zero-order chi connectivity index (χ0) is 13.0. The van der Waals surface area contributed by atoms with E-state index in [1.165, 1.54) is 6.07 Å². The number of carbonyl (C=O) groups excluding carboxylic acids is 1. The maximum atomic E-state index is 11.9. The van der Waals surface area contributed by atoms with Crippen molar-refractivity contribution < 1.29 is 9.90 Å². The van der Waals surface area contributed by atoms with Gasteiger partial charge in [0, 0.05) is 5.02 Å². The second-order valence-corrected chi connectivity index (χ2v) is 4.97. The predicted molar refractivity (Wildman–Crippen MR) is 69.6 cm³/mol. The van der Waals surface area contributed by atoms with E-state index in [-0.39, 0.29) is 24.5 Å². The molecule has 0 saturated carbocycles. The lowest BCUT2D eigenvalue weighted by atomic mass is 10.0. The summed E-state index contributed by atoms with van der Waals surface area (Å²) in [4.78, 5) is 11.9. The Kier molecular flexibility index (Phi) is 5.25. The maximum Gasteiger partial charge on any atom is 0.253 e. The highest BCUT2D eigenvalue weighted by molar-refractivity contribution is 6.35. The van der Waals surface area contributed by atoms with Crippen LogP contribution in [0.15, 0.2) is 18.2 Å². The van der Waals surface area contributed by atoms with Gasteiger partial charge < -0.3 is 10.4 Å². The van der Waals surface area contributed by atoms with Crippen LogP contribution >= 0.6 is 23.2 Å². The number of benzene rings is 1. The van der Waals surface area contributed by atoms with Gasteiger partial charge in [-0.3, -0.25) is 4.79 Å². The lowest BCUT2D eigenvalue weighted by Gasteiger charge is -2.20. The molecule has 0 radical (unpaired) electrons. The highest BCUT2D eigenvalue weighted by Crippen LogP contribution is 2.20. The molecule has 17 heavy (non-hydrogen) atoms. The summed E-state index contributed by atoms with van der Waals surface area (Å²) in [6, 6.07) is 4.40. The number of nitrogens with one attached hydrogen (secondary N) is 1. The largest absolute Gasteiger partial charge is 0.394 e. The van der Waals surface area contributed by atoms with Gasteiger partial charge in [-0.2, -0.15) is 0 Å². The molecule has 2 N–H and O–H groups in total. The molecule has 0 aliphatic heterocycles. The van der Waals surface area contributed by atoms with Crippen LogP contribution in [-0.2, 0) is 0 Å². The Labute approximate surface area is 111 Å². The molecule has 94 valence electrons. The van der Waals surface area contributed by atoms with E-state index in [4.69, 9.17) is 28.3 Å². The van der Waals surface area contributed by atoms with Gasteiger partial charge in [0.15, 0.2) is 0 Å². The Morgan fingerprint density at radius 1 is 1.41 bits per heavy atom. The van der Waals surface area contributed by atoms with Crippen molar-refractivity contribution in [2.45, 2.75) is 19.9 Å². The average molecular weight is 276 g/mol. The van der Waals surface area contributed by atoms with Crippen molar-refractivity contribution in [2.24, 2.45) is 5.92 Å². The first-order valence-electron chi connectivity index (χ1n) is 5.32. The summed E-state index contributed by atoms with van der Waals surface area (Å²) in [5, 5.41) is 12.6. The molecule has 1 atom stereocenters. The molecule has 1 aromatic rings. The van der Waals surface area contributed by atoms with Gasteiger partial charge in [0.2, 0.25) is 0 Å². The third-order valence-electron chi connectivity index (χ3n) is 2.49. The SMILES string of the molecule is CC(C)[C@@H](CO)NC(=O)c1cc(Cl)ccc1Cl. The molecule has 1 amide bonds. The molecule has 0 unspecified atom stereocenters. The van der Waals surface area contributed by atoms with E-state index in [1.54, 1.807) is 12.1 Å². The van der Waals surface area contributed by atoms with Crippen molar-refractivity contribution in [3.05, 3.63) is 33.8 Å². The summed E-state index contributed by atoms with van der Waals surface area (Å²) < 4.78 is 0. The van der Waals surface area contributed by atoms with E-state index in [0.717, 1.165) is 0 Å².